The smallest absolute Gasteiger partial charge is 0.169 e. The summed E-state index contributed by atoms with van der Waals surface area (Å²) in [5, 5.41) is 11.5. The maximum atomic E-state index is 13.0. The van der Waals surface area contributed by atoms with Crippen molar-refractivity contribution in [1.29, 1.82) is 0 Å². The Morgan fingerprint density at radius 3 is 2.77 bits per heavy atom. The van der Waals surface area contributed by atoms with Crippen molar-refractivity contribution in [3.63, 3.8) is 0 Å². The van der Waals surface area contributed by atoms with E-state index in [0.717, 1.165) is 36.8 Å². The summed E-state index contributed by atoms with van der Waals surface area (Å²) in [6.45, 7) is 6.23. The van der Waals surface area contributed by atoms with Gasteiger partial charge < -0.3 is 5.11 Å². The Morgan fingerprint density at radius 1 is 1.23 bits per heavy atom. The highest BCUT2D eigenvalue weighted by molar-refractivity contribution is 5.91. The number of Topliss-reactive ketones (excluding diaryl/α,β-unsaturated/α-hetero) is 1. The molecule has 2 fully saturated rings. The van der Waals surface area contributed by atoms with Gasteiger partial charge in [0, 0.05) is 12.3 Å². The first-order valence-electron chi connectivity index (χ1n) is 8.48. The lowest BCUT2D eigenvalue weighted by Crippen LogP contribution is -2.57. The molecule has 0 saturated heterocycles. The van der Waals surface area contributed by atoms with E-state index in [1.54, 1.807) is 0 Å². The first-order chi connectivity index (χ1) is 10.5. The van der Waals surface area contributed by atoms with Gasteiger partial charge in [-0.15, -0.1) is 6.58 Å². The third-order valence-corrected chi connectivity index (χ3v) is 6.91. The Balaban J connectivity index is 1.84. The fourth-order valence-electron chi connectivity index (χ4n) is 5.76. The van der Waals surface area contributed by atoms with Gasteiger partial charge in [0.1, 0.15) is 0 Å². The van der Waals surface area contributed by atoms with Crippen molar-refractivity contribution in [3.05, 3.63) is 48.0 Å². The van der Waals surface area contributed by atoms with Crippen LogP contribution < -0.4 is 0 Å². The van der Waals surface area contributed by atoms with Crippen molar-refractivity contribution in [2.45, 2.75) is 44.6 Å². The highest BCUT2D eigenvalue weighted by Crippen LogP contribution is 2.63. The SMILES string of the molecule is C=C[C@@H]1CC[C@H]2[C@@H]3CCc4ccccc4C3(O)C(=O)C[C@]12C. The zero-order valence-corrected chi connectivity index (χ0v) is 13.2. The van der Waals surface area contributed by atoms with Crippen LogP contribution in [0.25, 0.3) is 0 Å². The lowest BCUT2D eigenvalue weighted by atomic mass is 9.52. The Bertz CT molecular complexity index is 649. The second-order valence-corrected chi connectivity index (χ2v) is 7.70. The summed E-state index contributed by atoms with van der Waals surface area (Å²) in [7, 11) is 0. The topological polar surface area (TPSA) is 37.3 Å². The summed E-state index contributed by atoms with van der Waals surface area (Å²) < 4.78 is 0. The quantitative estimate of drug-likeness (QED) is 0.804. The molecule has 3 aliphatic carbocycles. The number of fused-ring (bicyclic) bond motifs is 5. The molecule has 116 valence electrons. The number of allylic oxidation sites excluding steroid dienone is 1. The molecule has 1 aromatic rings. The molecule has 0 radical (unpaired) electrons. The zero-order chi connectivity index (χ0) is 15.5. The van der Waals surface area contributed by atoms with Gasteiger partial charge in [-0.05, 0) is 54.1 Å². The molecule has 3 aliphatic rings. The maximum absolute atomic E-state index is 13.0. The molecule has 0 spiro atoms. The molecule has 2 saturated carbocycles. The number of benzene rings is 1. The van der Waals surface area contributed by atoms with Gasteiger partial charge >= 0.3 is 0 Å². The predicted octanol–water partition coefficient (Wildman–Crippen LogP) is 3.63. The minimum absolute atomic E-state index is 0.0119. The number of carbonyl (C=O) groups excluding carboxylic acids is 1. The monoisotopic (exact) mass is 296 g/mol. The van der Waals surface area contributed by atoms with E-state index in [1.165, 1.54) is 0 Å². The molecule has 2 nitrogen and oxygen atoms in total. The molecule has 1 N–H and O–H groups in total. The van der Waals surface area contributed by atoms with Crippen molar-refractivity contribution in [1.82, 2.24) is 0 Å². The highest BCUT2D eigenvalue weighted by atomic mass is 16.3. The van der Waals surface area contributed by atoms with Gasteiger partial charge in [0.15, 0.2) is 11.4 Å². The molecule has 0 heterocycles. The van der Waals surface area contributed by atoms with Crippen LogP contribution in [0.4, 0.5) is 0 Å². The Hall–Kier alpha value is -1.41. The molecule has 0 aliphatic heterocycles. The van der Waals surface area contributed by atoms with Crippen molar-refractivity contribution in [2.24, 2.45) is 23.2 Å². The van der Waals surface area contributed by atoms with Crippen LogP contribution in [0.1, 0.15) is 43.7 Å². The maximum Gasteiger partial charge on any atom is 0.169 e. The molecular weight excluding hydrogens is 272 g/mol. The fourth-order valence-corrected chi connectivity index (χ4v) is 5.76. The molecule has 0 amide bonds. The minimum atomic E-state index is -1.25. The van der Waals surface area contributed by atoms with E-state index in [-0.39, 0.29) is 17.1 Å². The standard InChI is InChI=1S/C20H24O2/c1-3-14-9-11-16-17-10-8-13-6-4-5-7-15(13)20(17,22)18(21)12-19(14,16)2/h3-7,14,16-17,22H,1,8-12H2,2H3/t14-,16+,17+,19-,20?/m1/s1. The largest absolute Gasteiger partial charge is 0.377 e. The van der Waals surface area contributed by atoms with Crippen molar-refractivity contribution in [2.75, 3.05) is 0 Å². The van der Waals surface area contributed by atoms with E-state index >= 15 is 0 Å². The number of carbonyl (C=O) groups is 1. The van der Waals surface area contributed by atoms with Crippen LogP contribution in [-0.4, -0.2) is 10.9 Å². The molecule has 1 aromatic carbocycles. The lowest BCUT2D eigenvalue weighted by molar-refractivity contribution is -0.168. The first kappa shape index (κ1) is 14.2. The average Bonchev–Trinajstić information content (AvgIpc) is 2.84. The molecule has 22 heavy (non-hydrogen) atoms. The van der Waals surface area contributed by atoms with Gasteiger partial charge in [-0.1, -0.05) is 37.3 Å². The van der Waals surface area contributed by atoms with Crippen LogP contribution in [0.2, 0.25) is 0 Å². The van der Waals surface area contributed by atoms with Crippen LogP contribution in [0.3, 0.4) is 0 Å². The van der Waals surface area contributed by atoms with Crippen LogP contribution in [-0.2, 0) is 16.8 Å². The third-order valence-electron chi connectivity index (χ3n) is 6.91. The van der Waals surface area contributed by atoms with Gasteiger partial charge in [0.25, 0.3) is 0 Å². The minimum Gasteiger partial charge on any atom is -0.377 e. The summed E-state index contributed by atoms with van der Waals surface area (Å²) in [5.74, 6) is 0.922. The molecule has 1 unspecified atom stereocenters. The lowest BCUT2D eigenvalue weighted by Gasteiger charge is -2.53. The molecule has 0 aromatic heterocycles. The number of ketones is 1. The number of rotatable bonds is 1. The molecule has 5 atom stereocenters. The Morgan fingerprint density at radius 2 is 2.00 bits per heavy atom. The molecule has 4 rings (SSSR count). The van der Waals surface area contributed by atoms with E-state index in [4.69, 9.17) is 0 Å². The number of hydrogen-bond acceptors (Lipinski definition) is 2. The van der Waals surface area contributed by atoms with Gasteiger partial charge in [-0.3, -0.25) is 4.79 Å². The number of aliphatic hydroxyl groups is 1. The third kappa shape index (κ3) is 1.57. The second kappa shape index (κ2) is 4.55. The fraction of sp³-hybridized carbons (Fsp3) is 0.550. The predicted molar refractivity (Wildman–Crippen MR) is 86.3 cm³/mol. The van der Waals surface area contributed by atoms with Crippen molar-refractivity contribution < 1.29 is 9.90 Å². The zero-order valence-electron chi connectivity index (χ0n) is 13.2. The summed E-state index contributed by atoms with van der Waals surface area (Å²) in [4.78, 5) is 13.0. The van der Waals surface area contributed by atoms with E-state index in [2.05, 4.69) is 19.6 Å². The van der Waals surface area contributed by atoms with E-state index in [9.17, 15) is 9.90 Å². The van der Waals surface area contributed by atoms with Crippen LogP contribution in [0.15, 0.2) is 36.9 Å². The van der Waals surface area contributed by atoms with E-state index in [1.807, 2.05) is 24.3 Å². The molecule has 2 heteroatoms. The second-order valence-electron chi connectivity index (χ2n) is 7.70. The van der Waals surface area contributed by atoms with Crippen LogP contribution in [0, 0.1) is 23.2 Å². The van der Waals surface area contributed by atoms with Crippen molar-refractivity contribution in [3.8, 4) is 0 Å². The molecule has 0 bridgehead atoms. The van der Waals surface area contributed by atoms with Crippen molar-refractivity contribution >= 4 is 5.78 Å². The van der Waals surface area contributed by atoms with E-state index in [0.29, 0.717) is 18.3 Å². The summed E-state index contributed by atoms with van der Waals surface area (Å²) in [6.07, 6.45) is 6.62. The summed E-state index contributed by atoms with van der Waals surface area (Å²) >= 11 is 0. The van der Waals surface area contributed by atoms with Gasteiger partial charge in [-0.2, -0.15) is 0 Å². The normalized spacial score (nSPS) is 43.2. The number of aryl methyl sites for hydroxylation is 1. The number of hydrogen-bond donors (Lipinski definition) is 1. The summed E-state index contributed by atoms with van der Waals surface area (Å²) in [5.41, 5.74) is 0.758. The van der Waals surface area contributed by atoms with Gasteiger partial charge in [0.2, 0.25) is 0 Å². The van der Waals surface area contributed by atoms with Gasteiger partial charge in [0.05, 0.1) is 0 Å². The average molecular weight is 296 g/mol. The Labute approximate surface area is 132 Å². The highest BCUT2D eigenvalue weighted by Gasteiger charge is 2.63. The molecular formula is C20H24O2. The van der Waals surface area contributed by atoms with Gasteiger partial charge in [-0.25, -0.2) is 0 Å². The Kier molecular flexibility index (Phi) is 2.93. The first-order valence-corrected chi connectivity index (χ1v) is 8.48. The van der Waals surface area contributed by atoms with Crippen LogP contribution >= 0.6 is 0 Å². The summed E-state index contributed by atoms with van der Waals surface area (Å²) in [6, 6.07) is 7.97. The van der Waals surface area contributed by atoms with Crippen LogP contribution in [0.5, 0.6) is 0 Å². The van der Waals surface area contributed by atoms with E-state index < -0.39 is 5.60 Å².